The van der Waals surface area contributed by atoms with E-state index in [1.165, 1.54) is 26.2 Å². The SMILES string of the molecule is Cc1nn(C)c(C)c1CC(=O)OCc1ccc(S(=O)(=O)N(C)C)o1. The zero-order chi connectivity index (χ0) is 18.1. The molecule has 0 saturated heterocycles. The third-order valence-corrected chi connectivity index (χ3v) is 5.42. The molecule has 0 aliphatic carbocycles. The Morgan fingerprint density at radius 2 is 2.00 bits per heavy atom. The fourth-order valence-electron chi connectivity index (χ4n) is 2.17. The molecule has 132 valence electrons. The van der Waals surface area contributed by atoms with Crippen LogP contribution < -0.4 is 0 Å². The number of hydrogen-bond acceptors (Lipinski definition) is 6. The van der Waals surface area contributed by atoms with Crippen LogP contribution in [-0.2, 0) is 39.6 Å². The molecular formula is C15H21N3O5S. The van der Waals surface area contributed by atoms with Gasteiger partial charge in [0.05, 0.1) is 12.1 Å². The van der Waals surface area contributed by atoms with Gasteiger partial charge in [-0.25, -0.2) is 12.7 Å². The van der Waals surface area contributed by atoms with Gasteiger partial charge in [-0.05, 0) is 26.0 Å². The summed E-state index contributed by atoms with van der Waals surface area (Å²) in [5.74, 6) is -0.161. The minimum atomic E-state index is -3.64. The summed E-state index contributed by atoms with van der Waals surface area (Å²) >= 11 is 0. The summed E-state index contributed by atoms with van der Waals surface area (Å²) in [7, 11) is 1.00. The number of hydrogen-bond donors (Lipinski definition) is 0. The molecule has 2 aromatic rings. The zero-order valence-electron chi connectivity index (χ0n) is 14.4. The largest absolute Gasteiger partial charge is 0.457 e. The summed E-state index contributed by atoms with van der Waals surface area (Å²) in [4.78, 5) is 12.0. The Bertz CT molecular complexity index is 849. The fourth-order valence-corrected chi connectivity index (χ4v) is 2.99. The lowest BCUT2D eigenvalue weighted by Gasteiger charge is -2.08. The van der Waals surface area contributed by atoms with Gasteiger partial charge in [-0.1, -0.05) is 0 Å². The number of furan rings is 1. The molecule has 0 spiro atoms. The van der Waals surface area contributed by atoms with E-state index in [0.717, 1.165) is 21.3 Å². The number of carbonyl (C=O) groups is 1. The van der Waals surface area contributed by atoms with Crippen LogP contribution in [0.3, 0.4) is 0 Å². The summed E-state index contributed by atoms with van der Waals surface area (Å²) in [5.41, 5.74) is 2.52. The molecule has 0 unspecified atom stereocenters. The first kappa shape index (κ1) is 18.2. The molecule has 9 heteroatoms. The van der Waals surface area contributed by atoms with Crippen molar-refractivity contribution in [3.63, 3.8) is 0 Å². The second kappa shape index (κ2) is 6.78. The molecule has 0 fully saturated rings. The van der Waals surface area contributed by atoms with Crippen molar-refractivity contribution < 1.29 is 22.4 Å². The van der Waals surface area contributed by atoms with Gasteiger partial charge < -0.3 is 9.15 Å². The first-order chi connectivity index (χ1) is 11.1. The van der Waals surface area contributed by atoms with E-state index in [1.54, 1.807) is 4.68 Å². The molecule has 2 rings (SSSR count). The van der Waals surface area contributed by atoms with Gasteiger partial charge in [0.15, 0.2) is 0 Å². The number of aryl methyl sites for hydroxylation is 2. The normalized spacial score (nSPS) is 11.9. The number of aromatic nitrogens is 2. The lowest BCUT2D eigenvalue weighted by molar-refractivity contribution is -0.144. The average Bonchev–Trinajstić information content (AvgIpc) is 3.06. The van der Waals surface area contributed by atoms with E-state index >= 15 is 0 Å². The Hall–Kier alpha value is -2.13. The van der Waals surface area contributed by atoms with Crippen molar-refractivity contribution in [1.29, 1.82) is 0 Å². The van der Waals surface area contributed by atoms with Crippen molar-refractivity contribution in [2.45, 2.75) is 32.0 Å². The molecule has 0 aliphatic heterocycles. The monoisotopic (exact) mass is 355 g/mol. The third kappa shape index (κ3) is 3.68. The van der Waals surface area contributed by atoms with Crippen LogP contribution in [0, 0.1) is 13.8 Å². The second-order valence-electron chi connectivity index (χ2n) is 5.62. The predicted octanol–water partition coefficient (Wildman–Crippen LogP) is 1.17. The van der Waals surface area contributed by atoms with Gasteiger partial charge in [0.2, 0.25) is 5.09 Å². The van der Waals surface area contributed by atoms with Gasteiger partial charge in [-0.3, -0.25) is 9.48 Å². The number of rotatable bonds is 6. The maximum absolute atomic E-state index is 12.0. The highest BCUT2D eigenvalue weighted by Crippen LogP contribution is 2.18. The van der Waals surface area contributed by atoms with E-state index in [4.69, 9.17) is 9.15 Å². The topological polar surface area (TPSA) is 94.6 Å². The second-order valence-corrected chi connectivity index (χ2v) is 7.70. The van der Waals surface area contributed by atoms with Crippen LogP contribution in [-0.4, -0.2) is 42.6 Å². The average molecular weight is 355 g/mol. The van der Waals surface area contributed by atoms with Gasteiger partial charge in [-0.2, -0.15) is 5.10 Å². The number of sulfonamides is 1. The highest BCUT2D eigenvalue weighted by Gasteiger charge is 2.22. The van der Waals surface area contributed by atoms with Crippen molar-refractivity contribution in [1.82, 2.24) is 14.1 Å². The van der Waals surface area contributed by atoms with Gasteiger partial charge in [0.25, 0.3) is 10.0 Å². The van der Waals surface area contributed by atoms with Crippen LogP contribution in [0.5, 0.6) is 0 Å². The lowest BCUT2D eigenvalue weighted by atomic mass is 10.1. The summed E-state index contributed by atoms with van der Waals surface area (Å²) in [5, 5.41) is 4.06. The minimum Gasteiger partial charge on any atom is -0.457 e. The molecular weight excluding hydrogens is 334 g/mol. The summed E-state index contributed by atoms with van der Waals surface area (Å²) in [6.45, 7) is 3.59. The molecule has 2 aromatic heterocycles. The zero-order valence-corrected chi connectivity index (χ0v) is 15.2. The molecule has 2 heterocycles. The molecule has 0 saturated carbocycles. The van der Waals surface area contributed by atoms with E-state index in [9.17, 15) is 13.2 Å². The Morgan fingerprint density at radius 1 is 1.33 bits per heavy atom. The maximum Gasteiger partial charge on any atom is 0.310 e. The highest BCUT2D eigenvalue weighted by molar-refractivity contribution is 7.88. The summed E-state index contributed by atoms with van der Waals surface area (Å²) in [6.07, 6.45) is 0.106. The molecule has 0 radical (unpaired) electrons. The first-order valence-corrected chi connectivity index (χ1v) is 8.73. The van der Waals surface area contributed by atoms with Crippen LogP contribution in [0.4, 0.5) is 0 Å². The van der Waals surface area contributed by atoms with Crippen LogP contribution in [0.25, 0.3) is 0 Å². The number of nitrogens with zero attached hydrogens (tertiary/aromatic N) is 3. The molecule has 0 aromatic carbocycles. The fraction of sp³-hybridized carbons (Fsp3) is 0.467. The number of esters is 1. The van der Waals surface area contributed by atoms with E-state index in [1.807, 2.05) is 20.9 Å². The summed E-state index contributed by atoms with van der Waals surface area (Å²) < 4.78 is 37.0. The standard InChI is InChI=1S/C15H21N3O5S/c1-10-13(11(2)18(5)16-10)8-14(19)22-9-12-6-7-15(23-12)24(20,21)17(3)4/h6-7H,8-9H2,1-5H3. The van der Waals surface area contributed by atoms with Gasteiger partial charge >= 0.3 is 5.97 Å². The molecule has 0 aliphatic rings. The van der Waals surface area contributed by atoms with Crippen molar-refractivity contribution in [3.8, 4) is 0 Å². The minimum absolute atomic E-state index is 0.106. The predicted molar refractivity (Wildman–Crippen MR) is 85.8 cm³/mol. The van der Waals surface area contributed by atoms with Gasteiger partial charge in [0, 0.05) is 32.4 Å². The van der Waals surface area contributed by atoms with Gasteiger partial charge in [0.1, 0.15) is 12.4 Å². The Morgan fingerprint density at radius 3 is 2.54 bits per heavy atom. The highest BCUT2D eigenvalue weighted by atomic mass is 32.2. The Balaban J connectivity index is 1.99. The number of carbonyl (C=O) groups excluding carboxylic acids is 1. The van der Waals surface area contributed by atoms with Crippen LogP contribution in [0.15, 0.2) is 21.6 Å². The summed E-state index contributed by atoms with van der Waals surface area (Å²) in [6, 6.07) is 2.82. The maximum atomic E-state index is 12.0. The van der Waals surface area contributed by atoms with Gasteiger partial charge in [-0.15, -0.1) is 0 Å². The van der Waals surface area contributed by atoms with E-state index < -0.39 is 16.0 Å². The molecule has 8 nitrogen and oxygen atoms in total. The van der Waals surface area contributed by atoms with Crippen LogP contribution in [0.1, 0.15) is 22.7 Å². The van der Waals surface area contributed by atoms with E-state index in [2.05, 4.69) is 5.10 Å². The molecule has 0 amide bonds. The first-order valence-electron chi connectivity index (χ1n) is 7.29. The Labute approximate surface area is 141 Å². The van der Waals surface area contributed by atoms with Crippen molar-refractivity contribution >= 4 is 16.0 Å². The lowest BCUT2D eigenvalue weighted by Crippen LogP contribution is -2.21. The van der Waals surface area contributed by atoms with Crippen molar-refractivity contribution in [2.24, 2.45) is 7.05 Å². The molecule has 0 bridgehead atoms. The van der Waals surface area contributed by atoms with Crippen LogP contribution >= 0.6 is 0 Å². The van der Waals surface area contributed by atoms with Crippen LogP contribution in [0.2, 0.25) is 0 Å². The van der Waals surface area contributed by atoms with E-state index in [-0.39, 0.29) is 23.9 Å². The van der Waals surface area contributed by atoms with Crippen molar-refractivity contribution in [2.75, 3.05) is 14.1 Å². The third-order valence-electron chi connectivity index (χ3n) is 3.73. The molecule has 24 heavy (non-hydrogen) atoms. The molecule has 0 atom stereocenters. The quantitative estimate of drug-likeness (QED) is 0.722. The Kier molecular flexibility index (Phi) is 5.14. The van der Waals surface area contributed by atoms with Crippen molar-refractivity contribution in [3.05, 3.63) is 34.8 Å². The number of ether oxygens (including phenoxy) is 1. The van der Waals surface area contributed by atoms with E-state index in [0.29, 0.717) is 0 Å². The smallest absolute Gasteiger partial charge is 0.310 e. The molecule has 0 N–H and O–H groups in total.